The summed E-state index contributed by atoms with van der Waals surface area (Å²) in [7, 11) is -1.38. The van der Waals surface area contributed by atoms with Gasteiger partial charge in [0.1, 0.15) is 69.2 Å². The Hall–Kier alpha value is -12.5. The fourth-order valence-electron chi connectivity index (χ4n) is 12.0. The molecule has 0 aliphatic rings. The maximum absolute atomic E-state index is 14.9. The summed E-state index contributed by atoms with van der Waals surface area (Å²) in [5.74, 6) is -11.0. The summed E-state index contributed by atoms with van der Waals surface area (Å²) in [4.78, 5) is 74.4. The van der Waals surface area contributed by atoms with Crippen LogP contribution in [0, 0.1) is 23.3 Å². The zero-order valence-electron chi connectivity index (χ0n) is 69.8. The number of carbonyl (C=O) groups is 4. The molecule has 5 heterocycles. The van der Waals surface area contributed by atoms with Crippen molar-refractivity contribution in [3.05, 3.63) is 211 Å². The Morgan fingerprint density at radius 2 is 0.976 bits per heavy atom. The normalized spacial score (nSPS) is 12.3. The fourth-order valence-corrected chi connectivity index (χ4v) is 14.1. The second-order valence-electron chi connectivity index (χ2n) is 30.3. The number of ether oxygens (including phenoxy) is 6. The summed E-state index contributed by atoms with van der Waals surface area (Å²) in [5.41, 5.74) is 11.3. The van der Waals surface area contributed by atoms with Crippen LogP contribution >= 0.6 is 23.2 Å². The number of hydrogen-bond donors (Lipinski definition) is 6. The molecule has 0 fully saturated rings. The highest BCUT2D eigenvalue weighted by Gasteiger charge is 2.34. The third-order valence-electron chi connectivity index (χ3n) is 17.5. The molecular formula is C82H90Cl2F8N14O17S2. The number of alkyl carbamates (subject to hydrolysis) is 2. The van der Waals surface area contributed by atoms with Gasteiger partial charge in [-0.25, -0.2) is 84.7 Å². The highest BCUT2D eigenvalue weighted by Crippen LogP contribution is 2.41. The predicted molar refractivity (Wildman–Crippen MR) is 453 cm³/mol. The number of carboxylic acid groups (broad SMARTS) is 2. The van der Waals surface area contributed by atoms with Gasteiger partial charge in [0.15, 0.2) is 17.3 Å². The molecule has 31 nitrogen and oxygen atoms in total. The number of hydrogen-bond acceptors (Lipinski definition) is 22. The van der Waals surface area contributed by atoms with Crippen LogP contribution < -0.4 is 55.2 Å². The number of rotatable bonds is 28. The summed E-state index contributed by atoms with van der Waals surface area (Å²) in [6, 6.07) is 27.9. The summed E-state index contributed by atoms with van der Waals surface area (Å²) in [5, 5.41) is 32.5. The predicted octanol–water partition coefficient (Wildman–Crippen LogP) is 14.9. The highest BCUT2D eigenvalue weighted by molar-refractivity contribution is 7.92. The fraction of sp³-hybridized carbons (Fsp3) is 0.341. The van der Waals surface area contributed by atoms with Gasteiger partial charge in [-0.2, -0.15) is 20.2 Å². The minimum atomic E-state index is -4.05. The number of amides is 2. The number of nitrogens with two attached hydrogens (primary N) is 2. The van der Waals surface area contributed by atoms with Crippen LogP contribution in [0.15, 0.2) is 138 Å². The van der Waals surface area contributed by atoms with Crippen molar-refractivity contribution in [2.24, 2.45) is 14.1 Å². The second kappa shape index (κ2) is 40.4. The van der Waals surface area contributed by atoms with Crippen molar-refractivity contribution in [3.8, 4) is 28.9 Å². The highest BCUT2D eigenvalue weighted by atomic mass is 35.5. The minimum Gasteiger partial charge on any atom is -0.497 e. The largest absolute Gasteiger partial charge is 0.497 e. The molecule has 0 saturated carbocycles. The van der Waals surface area contributed by atoms with Gasteiger partial charge in [-0.3, -0.25) is 18.7 Å². The van der Waals surface area contributed by atoms with E-state index in [-0.39, 0.29) is 117 Å². The van der Waals surface area contributed by atoms with E-state index in [2.05, 4.69) is 30.8 Å². The standard InChI is InChI=1S/C41H42ClF4N7O7S.C17H19ClN4O3S.C14H17F2NO4.C10H12F2N2O3/c1-40(2,3)60-39(55)47-30(20-24-18-25(43)21-26(44)19-24)36-49-35-28(12-15-32(48-35)59-17-16-41(4,45)46)38(54)53(36)31-14-13-29(42)33-34(31)51(5)50-37(33)52(61(7,56)57)22-23-8-10-27(58-6)11-9-23;1-21-16-14(19)9-8-13(18)15(16)17(20-21)22(26(3,23)24)10-11-4-6-12(25-2)7-5-11;1-14(2,3)21-13(20)17-11(12(18)19)6-8-4-9(15)7-10(16)5-8;1-10(11,12)4-5-17-7-3-2-6(9(15)16)8(13)14-7/h8-15,18-19,21,30H,16-17,20,22H2,1-7H3,(H,47,55);4-9H,10,19H2,1-3H3;4-5,7,11H,6H2,1-3H3,(H,17,20)(H,18,19);2-3H,4-5H2,1H3,(H2,13,14)(H,15,16)/t30-;;11-;/m0.0./s1. The smallest absolute Gasteiger partial charge is 0.408 e. The number of anilines is 4. The first kappa shape index (κ1) is 97.9. The lowest BCUT2D eigenvalue weighted by molar-refractivity contribution is -0.139. The minimum absolute atomic E-state index is 0.0248. The molecular weight excluding hydrogens is 1740 g/mol. The van der Waals surface area contributed by atoms with Crippen molar-refractivity contribution in [2.75, 3.05) is 60.0 Å². The topological polar surface area (TPSA) is 411 Å². The molecule has 0 aliphatic heterocycles. The van der Waals surface area contributed by atoms with E-state index in [1.165, 1.54) is 64.2 Å². The van der Waals surface area contributed by atoms with Crippen LogP contribution in [0.25, 0.3) is 38.5 Å². The summed E-state index contributed by atoms with van der Waals surface area (Å²) in [6.45, 7) is 10.6. The third kappa shape index (κ3) is 27.7. The number of nitrogens with one attached hydrogen (secondary N) is 2. The molecule has 125 heavy (non-hydrogen) atoms. The van der Waals surface area contributed by atoms with E-state index in [4.69, 9.17) is 78.3 Å². The number of aliphatic carboxylic acids is 1. The summed E-state index contributed by atoms with van der Waals surface area (Å²) >= 11 is 13.2. The Kier molecular flexibility index (Phi) is 31.7. The van der Waals surface area contributed by atoms with E-state index in [0.717, 1.165) is 65.1 Å². The van der Waals surface area contributed by atoms with Gasteiger partial charge in [0.2, 0.25) is 43.7 Å². The van der Waals surface area contributed by atoms with Crippen LogP contribution in [0.4, 0.5) is 67.9 Å². The number of pyridine rings is 2. The van der Waals surface area contributed by atoms with Gasteiger partial charge in [0.05, 0.1) is 108 Å². The van der Waals surface area contributed by atoms with Crippen molar-refractivity contribution in [2.45, 2.75) is 129 Å². The number of fused-ring (bicyclic) bond motifs is 3. The number of aromatic nitrogens is 8. The number of benzene rings is 6. The molecule has 672 valence electrons. The number of carboxylic acids is 2. The third-order valence-corrected chi connectivity index (χ3v) is 20.3. The van der Waals surface area contributed by atoms with Crippen LogP contribution in [0.1, 0.15) is 113 Å². The summed E-state index contributed by atoms with van der Waals surface area (Å²) in [6.07, 6.45) is -1.44. The van der Waals surface area contributed by atoms with Crippen molar-refractivity contribution in [1.82, 2.24) is 49.7 Å². The number of aryl methyl sites for hydroxylation is 2. The Morgan fingerprint density at radius 3 is 1.40 bits per heavy atom. The monoisotopic (exact) mass is 1830 g/mol. The van der Waals surface area contributed by atoms with Crippen LogP contribution in [0.3, 0.4) is 0 Å². The van der Waals surface area contributed by atoms with E-state index < -0.39 is 128 Å². The Bertz CT molecular complexity index is 6040. The van der Waals surface area contributed by atoms with Gasteiger partial charge in [0.25, 0.3) is 5.56 Å². The van der Waals surface area contributed by atoms with Crippen molar-refractivity contribution < 1.29 is 110 Å². The molecule has 0 saturated heterocycles. The molecule has 8 N–H and O–H groups in total. The molecule has 11 aromatic rings. The number of nitrogen functional groups attached to an aromatic ring is 2. The Balaban J connectivity index is 0.000000245. The van der Waals surface area contributed by atoms with Crippen LogP contribution in [-0.2, 0) is 74.3 Å². The van der Waals surface area contributed by atoms with E-state index >= 15 is 0 Å². The maximum Gasteiger partial charge on any atom is 0.408 e. The molecule has 2 atom stereocenters. The lowest BCUT2D eigenvalue weighted by Crippen LogP contribution is -2.44. The average Bonchev–Trinajstić information content (AvgIpc) is 1.80. The molecule has 0 aliphatic carbocycles. The lowest BCUT2D eigenvalue weighted by Gasteiger charge is -2.26. The Morgan fingerprint density at radius 1 is 0.552 bits per heavy atom. The molecule has 6 aromatic carbocycles. The van der Waals surface area contributed by atoms with E-state index in [9.17, 15) is 75.9 Å². The molecule has 5 aromatic heterocycles. The maximum atomic E-state index is 14.9. The molecule has 0 bridgehead atoms. The first-order valence-corrected chi connectivity index (χ1v) is 41.9. The first-order chi connectivity index (χ1) is 58.1. The molecule has 0 radical (unpaired) electrons. The van der Waals surface area contributed by atoms with Gasteiger partial charge in [-0.05, 0) is 163 Å². The van der Waals surface area contributed by atoms with Crippen molar-refractivity contribution in [3.63, 3.8) is 0 Å². The van der Waals surface area contributed by atoms with Crippen molar-refractivity contribution in [1.29, 1.82) is 0 Å². The zero-order chi connectivity index (χ0) is 92.9. The molecule has 2 amide bonds. The number of sulfonamides is 2. The van der Waals surface area contributed by atoms with Crippen molar-refractivity contribution >= 4 is 123 Å². The second-order valence-corrected chi connectivity index (χ2v) is 35.0. The van der Waals surface area contributed by atoms with Gasteiger partial charge >= 0.3 is 24.1 Å². The first-order valence-electron chi connectivity index (χ1n) is 37.4. The average molecular weight is 1830 g/mol. The number of methoxy groups -OCH3 is 2. The van der Waals surface area contributed by atoms with E-state index in [1.807, 2.05) is 0 Å². The van der Waals surface area contributed by atoms with Crippen LogP contribution in [0.2, 0.25) is 10.0 Å². The molecule has 0 unspecified atom stereocenters. The Labute approximate surface area is 722 Å². The zero-order valence-corrected chi connectivity index (χ0v) is 72.9. The number of alkyl halides is 4. The van der Waals surface area contributed by atoms with E-state index in [1.54, 1.807) is 116 Å². The number of carbonyl (C=O) groups excluding carboxylic acids is 2. The quantitative estimate of drug-likeness (QED) is 0.0196. The molecule has 43 heteroatoms. The van der Waals surface area contributed by atoms with Crippen LogP contribution in [-0.4, -0.2) is 159 Å². The SMILES string of the molecule is CC(C)(C)OC(=O)N[C@@H](Cc1cc(F)cc(F)c1)C(=O)O.CC(F)(F)CCOc1ccc(C(=O)O)c(N)n1.COc1ccc(CN(c2nn(C)c3c(-n4c([C@H](Cc5cc(F)cc(F)c5)NC(=O)OC(C)(C)C)nc5nc(OCCC(C)(F)F)ccc5c4=O)ccc(Cl)c23)S(C)(=O)=O)cc1.COc1ccc(CN(c2nn(C)c3c(N)ccc(Cl)c23)S(C)(=O)=O)cc1. The number of halogens is 10. The van der Waals surface area contributed by atoms with Gasteiger partial charge in [-0.1, -0.05) is 47.5 Å². The molecule has 11 rings (SSSR count). The number of nitrogens with zero attached hydrogens (tertiary/aromatic N) is 10. The van der Waals surface area contributed by atoms with Gasteiger partial charge < -0.3 is 60.7 Å². The lowest BCUT2D eigenvalue weighted by atomic mass is 10.0. The van der Waals surface area contributed by atoms with Crippen LogP contribution in [0.5, 0.6) is 23.3 Å². The van der Waals surface area contributed by atoms with Gasteiger partial charge in [0, 0.05) is 64.0 Å². The van der Waals surface area contributed by atoms with Gasteiger partial charge in [-0.15, -0.1) is 0 Å². The number of aromatic carboxylic acids is 1. The van der Waals surface area contributed by atoms with E-state index in [0.29, 0.717) is 50.8 Å². The molecule has 0 spiro atoms. The summed E-state index contributed by atoms with van der Waals surface area (Å²) < 4.78 is 197.